The van der Waals surface area contributed by atoms with Crippen LogP contribution in [-0.2, 0) is 0 Å². The summed E-state index contributed by atoms with van der Waals surface area (Å²) in [5.74, 6) is -0.458. The van der Waals surface area contributed by atoms with Gasteiger partial charge in [-0.05, 0) is 12.1 Å². The molecule has 0 aliphatic carbocycles. The molecule has 0 spiro atoms. The molecule has 0 atom stereocenters. The van der Waals surface area contributed by atoms with Crippen molar-refractivity contribution >= 4 is 17.2 Å². The largest absolute Gasteiger partial charge is 0.364 e. The molecule has 2 aromatic rings. The summed E-state index contributed by atoms with van der Waals surface area (Å²) in [6.45, 7) is 0. The van der Waals surface area contributed by atoms with E-state index in [1.807, 2.05) is 24.3 Å². The third-order valence-corrected chi connectivity index (χ3v) is 2.33. The number of nitrogens with two attached hydrogens (primary N) is 1. The summed E-state index contributed by atoms with van der Waals surface area (Å²) in [6.07, 6.45) is 1.55. The predicted octanol–water partition coefficient (Wildman–Crippen LogP) is 1.80. The summed E-state index contributed by atoms with van der Waals surface area (Å²) in [4.78, 5) is 13.9. The zero-order chi connectivity index (χ0) is 11.8. The van der Waals surface area contributed by atoms with E-state index in [-0.39, 0.29) is 0 Å². The van der Waals surface area contributed by atoms with Crippen LogP contribution in [0.25, 0.3) is 0 Å². The van der Waals surface area contributed by atoms with Crippen LogP contribution in [0.3, 0.4) is 0 Å². The molecule has 0 fully saturated rings. The molecule has 0 unspecified atom stereocenters. The number of carbonyl (C=O) groups is 1. The zero-order valence-corrected chi connectivity index (χ0v) is 9.15. The topological polar surface area (TPSA) is 79.8 Å². The highest BCUT2D eigenvalue weighted by Gasteiger charge is 1.98. The minimum Gasteiger partial charge on any atom is -0.364 e. The summed E-state index contributed by atoms with van der Waals surface area (Å²) in [7, 11) is 0. The van der Waals surface area contributed by atoms with Gasteiger partial charge in [0.15, 0.2) is 5.01 Å². The number of carbonyl (C=O) groups excluding carboxylic acids is 1. The number of nitriles is 1. The summed E-state index contributed by atoms with van der Waals surface area (Å²) < 4.78 is 0. The van der Waals surface area contributed by atoms with Gasteiger partial charge in [-0.15, -0.1) is 11.3 Å². The van der Waals surface area contributed by atoms with E-state index in [0.29, 0.717) is 10.6 Å². The Bertz CT molecular complexity index is 474. The molecule has 2 rings (SSSR count). The second kappa shape index (κ2) is 6.32. The standard InChI is InChI=1S/C7H5N.C4H4N2OS/c8-6-7-4-2-1-3-5-7;5-3(7)4-6-1-2-8-4/h1-5H;1-2H,(H2,5,7). The van der Waals surface area contributed by atoms with E-state index in [4.69, 9.17) is 11.0 Å². The highest BCUT2D eigenvalue weighted by molar-refractivity contribution is 7.11. The lowest BCUT2D eigenvalue weighted by Crippen LogP contribution is -2.09. The Kier molecular flexibility index (Phi) is 4.70. The molecule has 5 heteroatoms. The fourth-order valence-corrected chi connectivity index (χ4v) is 1.35. The molecule has 4 nitrogen and oxygen atoms in total. The molecule has 1 heterocycles. The number of amides is 1. The van der Waals surface area contributed by atoms with E-state index in [1.54, 1.807) is 23.7 Å². The lowest BCUT2D eigenvalue weighted by atomic mass is 10.2. The lowest BCUT2D eigenvalue weighted by molar-refractivity contribution is 0.1000. The number of primary amides is 1. The van der Waals surface area contributed by atoms with Crippen molar-refractivity contribution < 1.29 is 4.79 Å². The number of benzene rings is 1. The van der Waals surface area contributed by atoms with E-state index in [2.05, 4.69) is 4.98 Å². The maximum Gasteiger partial charge on any atom is 0.277 e. The van der Waals surface area contributed by atoms with Crippen LogP contribution < -0.4 is 5.73 Å². The maximum absolute atomic E-state index is 10.2. The number of thiazole rings is 1. The van der Waals surface area contributed by atoms with Crippen LogP contribution in [0.1, 0.15) is 15.4 Å². The van der Waals surface area contributed by atoms with Crippen molar-refractivity contribution in [1.82, 2.24) is 4.98 Å². The van der Waals surface area contributed by atoms with Gasteiger partial charge >= 0.3 is 0 Å². The van der Waals surface area contributed by atoms with Crippen LogP contribution >= 0.6 is 11.3 Å². The monoisotopic (exact) mass is 231 g/mol. The second-order valence-corrected chi connectivity index (χ2v) is 3.57. The van der Waals surface area contributed by atoms with Gasteiger partial charge in [-0.25, -0.2) is 4.98 Å². The van der Waals surface area contributed by atoms with Gasteiger partial charge < -0.3 is 5.73 Å². The van der Waals surface area contributed by atoms with Crippen LogP contribution in [0.2, 0.25) is 0 Å². The fraction of sp³-hybridized carbons (Fsp3) is 0. The first-order chi connectivity index (χ1) is 7.74. The van der Waals surface area contributed by atoms with Crippen LogP contribution in [0, 0.1) is 11.3 Å². The van der Waals surface area contributed by atoms with Gasteiger partial charge in [0, 0.05) is 11.6 Å². The van der Waals surface area contributed by atoms with Crippen molar-refractivity contribution in [2.75, 3.05) is 0 Å². The molecule has 2 N–H and O–H groups in total. The van der Waals surface area contributed by atoms with Crippen molar-refractivity contribution in [3.63, 3.8) is 0 Å². The molecule has 1 amide bonds. The third kappa shape index (κ3) is 3.90. The van der Waals surface area contributed by atoms with Gasteiger partial charge in [-0.3, -0.25) is 4.79 Å². The fourth-order valence-electron chi connectivity index (χ4n) is 0.858. The smallest absolute Gasteiger partial charge is 0.277 e. The van der Waals surface area contributed by atoms with E-state index >= 15 is 0 Å². The van der Waals surface area contributed by atoms with Gasteiger partial charge in [0.25, 0.3) is 5.91 Å². The Hall–Kier alpha value is -2.19. The second-order valence-electron chi connectivity index (χ2n) is 2.68. The van der Waals surface area contributed by atoms with Gasteiger partial charge in [-0.2, -0.15) is 5.26 Å². The molecule has 1 aromatic heterocycles. The molecule has 0 radical (unpaired) electrons. The highest BCUT2D eigenvalue weighted by atomic mass is 32.1. The van der Waals surface area contributed by atoms with Gasteiger partial charge in [0.1, 0.15) is 0 Å². The quantitative estimate of drug-likeness (QED) is 0.812. The summed E-state index contributed by atoms with van der Waals surface area (Å²) in [5.41, 5.74) is 5.58. The summed E-state index contributed by atoms with van der Waals surface area (Å²) in [6, 6.07) is 11.2. The van der Waals surface area contributed by atoms with Crippen molar-refractivity contribution in [3.05, 3.63) is 52.5 Å². The van der Waals surface area contributed by atoms with Crippen LogP contribution in [0.5, 0.6) is 0 Å². The van der Waals surface area contributed by atoms with E-state index in [0.717, 1.165) is 0 Å². The molecule has 1 aromatic carbocycles. The van der Waals surface area contributed by atoms with Gasteiger partial charge in [-0.1, -0.05) is 18.2 Å². The van der Waals surface area contributed by atoms with Crippen LogP contribution in [-0.4, -0.2) is 10.9 Å². The van der Waals surface area contributed by atoms with Gasteiger partial charge in [0.2, 0.25) is 0 Å². The molecule has 0 aliphatic rings. The normalized spacial score (nSPS) is 8.44. The Balaban J connectivity index is 0.000000160. The number of rotatable bonds is 1. The summed E-state index contributed by atoms with van der Waals surface area (Å²) in [5, 5.41) is 10.4. The predicted molar refractivity (Wildman–Crippen MR) is 61.8 cm³/mol. The Labute approximate surface area is 97.0 Å². The van der Waals surface area contributed by atoms with E-state index in [1.165, 1.54) is 11.3 Å². The molecule has 80 valence electrons. The first-order valence-electron chi connectivity index (χ1n) is 4.38. The number of hydrogen-bond donors (Lipinski definition) is 1. The first kappa shape index (κ1) is 11.9. The minimum atomic E-state index is -0.458. The Morgan fingerprint density at radius 1 is 1.38 bits per heavy atom. The van der Waals surface area contributed by atoms with Crippen molar-refractivity contribution in [3.8, 4) is 6.07 Å². The average molecular weight is 231 g/mol. The molecule has 0 saturated heterocycles. The summed E-state index contributed by atoms with van der Waals surface area (Å²) >= 11 is 1.25. The first-order valence-corrected chi connectivity index (χ1v) is 5.26. The highest BCUT2D eigenvalue weighted by Crippen LogP contribution is 2.00. The van der Waals surface area contributed by atoms with E-state index < -0.39 is 5.91 Å². The minimum absolute atomic E-state index is 0.366. The SMILES string of the molecule is N#Cc1ccccc1.NC(=O)c1nccs1. The van der Waals surface area contributed by atoms with Crippen LogP contribution in [0.15, 0.2) is 41.9 Å². The zero-order valence-electron chi connectivity index (χ0n) is 8.33. The molecule has 16 heavy (non-hydrogen) atoms. The molecular weight excluding hydrogens is 222 g/mol. The number of aromatic nitrogens is 1. The average Bonchev–Trinajstić information content (AvgIpc) is 2.85. The van der Waals surface area contributed by atoms with E-state index in [9.17, 15) is 4.79 Å². The molecular formula is C11H9N3OS. The number of nitrogens with zero attached hydrogens (tertiary/aromatic N) is 2. The Morgan fingerprint density at radius 2 is 2.06 bits per heavy atom. The molecule has 0 bridgehead atoms. The van der Waals surface area contributed by atoms with Crippen molar-refractivity contribution in [2.24, 2.45) is 5.73 Å². The van der Waals surface area contributed by atoms with Crippen molar-refractivity contribution in [2.45, 2.75) is 0 Å². The molecule has 0 aliphatic heterocycles. The molecule has 0 saturated carbocycles. The third-order valence-electron chi connectivity index (χ3n) is 1.55. The van der Waals surface area contributed by atoms with Crippen LogP contribution in [0.4, 0.5) is 0 Å². The van der Waals surface area contributed by atoms with Crippen molar-refractivity contribution in [1.29, 1.82) is 5.26 Å². The van der Waals surface area contributed by atoms with Gasteiger partial charge in [0.05, 0.1) is 11.6 Å². The Morgan fingerprint density at radius 3 is 2.38 bits per heavy atom. The maximum atomic E-state index is 10.2. The lowest BCUT2D eigenvalue weighted by Gasteiger charge is -1.80. The number of hydrogen-bond acceptors (Lipinski definition) is 4.